The highest BCUT2D eigenvalue weighted by molar-refractivity contribution is 6.00. The number of amides is 1. The molecule has 1 aliphatic rings. The van der Waals surface area contributed by atoms with Gasteiger partial charge in [0.05, 0.1) is 6.42 Å². The number of ether oxygens (including phenoxy) is 1. The number of hydrogen-bond acceptors (Lipinski definition) is 5. The molecule has 28 heavy (non-hydrogen) atoms. The van der Waals surface area contributed by atoms with Gasteiger partial charge in [-0.2, -0.15) is 0 Å². The number of hydrogen-bond donors (Lipinski definition) is 1. The molecule has 1 amide bonds. The molecule has 1 aliphatic heterocycles. The molecule has 0 fully saturated rings. The van der Waals surface area contributed by atoms with Crippen LogP contribution in [0, 0.1) is 0 Å². The first-order valence-corrected chi connectivity index (χ1v) is 8.40. The van der Waals surface area contributed by atoms with Crippen molar-refractivity contribution in [3.8, 4) is 5.75 Å². The molecule has 0 aromatic heterocycles. The Morgan fingerprint density at radius 1 is 1.14 bits per heavy atom. The lowest BCUT2D eigenvalue weighted by atomic mass is 10.1. The minimum atomic E-state index is -4.77. The van der Waals surface area contributed by atoms with Crippen LogP contribution in [0.4, 0.5) is 13.2 Å². The normalized spacial score (nSPS) is 15.6. The van der Waals surface area contributed by atoms with Crippen molar-refractivity contribution >= 4 is 11.7 Å². The van der Waals surface area contributed by atoms with E-state index in [0.29, 0.717) is 5.56 Å². The largest absolute Gasteiger partial charge is 0.573 e. The number of benzene rings is 2. The van der Waals surface area contributed by atoms with Crippen molar-refractivity contribution in [1.82, 2.24) is 10.4 Å². The molecule has 3 rings (SSSR count). The Morgan fingerprint density at radius 2 is 1.79 bits per heavy atom. The van der Waals surface area contributed by atoms with E-state index in [4.69, 9.17) is 4.84 Å². The molecule has 6 nitrogen and oxygen atoms in total. The molecule has 1 heterocycles. The van der Waals surface area contributed by atoms with E-state index in [1.54, 1.807) is 13.8 Å². The molecule has 2 aromatic rings. The first kappa shape index (κ1) is 19.5. The zero-order valence-corrected chi connectivity index (χ0v) is 15.2. The molecule has 0 unspecified atom stereocenters. The van der Waals surface area contributed by atoms with Crippen LogP contribution in [0.1, 0.15) is 25.0 Å². The number of rotatable bonds is 5. The second-order valence-corrected chi connectivity index (χ2v) is 6.56. The number of halogens is 3. The van der Waals surface area contributed by atoms with Crippen molar-refractivity contribution in [1.29, 1.82) is 0 Å². The first-order chi connectivity index (χ1) is 13.1. The van der Waals surface area contributed by atoms with Crippen molar-refractivity contribution in [2.24, 2.45) is 5.16 Å². The van der Waals surface area contributed by atoms with Gasteiger partial charge in [0, 0.05) is 5.56 Å². The van der Waals surface area contributed by atoms with Crippen molar-refractivity contribution in [2.75, 3.05) is 0 Å². The van der Waals surface area contributed by atoms with Crippen LogP contribution in [0.3, 0.4) is 0 Å². The maximum absolute atomic E-state index is 12.4. The predicted octanol–water partition coefficient (Wildman–Crippen LogP) is 3.59. The summed E-state index contributed by atoms with van der Waals surface area (Å²) >= 11 is 0. The topological polar surface area (TPSA) is 63.2 Å². The van der Waals surface area contributed by atoms with Gasteiger partial charge in [-0.05, 0) is 43.7 Å². The van der Waals surface area contributed by atoms with Crippen LogP contribution in [0.25, 0.3) is 0 Å². The van der Waals surface area contributed by atoms with Gasteiger partial charge < -0.3 is 9.57 Å². The number of carbonyl (C=O) groups is 1. The number of nitrogens with one attached hydrogen (secondary N) is 1. The van der Waals surface area contributed by atoms with Gasteiger partial charge in [0.2, 0.25) is 11.6 Å². The summed E-state index contributed by atoms with van der Waals surface area (Å²) in [5.74, 6) is -0.367. The Bertz CT molecular complexity index is 865. The van der Waals surface area contributed by atoms with E-state index in [2.05, 4.69) is 15.3 Å². The predicted molar refractivity (Wildman–Crippen MR) is 95.0 cm³/mol. The lowest BCUT2D eigenvalue weighted by Gasteiger charge is -2.31. The summed E-state index contributed by atoms with van der Waals surface area (Å²) in [6.45, 7) is 3.40. The molecular weight excluding hydrogens is 375 g/mol. The summed E-state index contributed by atoms with van der Waals surface area (Å²) in [4.78, 5) is 17.8. The molecule has 0 aliphatic carbocycles. The van der Waals surface area contributed by atoms with Crippen molar-refractivity contribution < 1.29 is 27.5 Å². The maximum atomic E-state index is 12.4. The van der Waals surface area contributed by atoms with Crippen molar-refractivity contribution in [2.45, 2.75) is 32.4 Å². The van der Waals surface area contributed by atoms with Crippen LogP contribution in [0.5, 0.6) is 5.75 Å². The Kier molecular flexibility index (Phi) is 5.17. The Balaban J connectivity index is 1.74. The molecule has 2 aromatic carbocycles. The summed E-state index contributed by atoms with van der Waals surface area (Å²) in [5, 5.41) is 5.41. The third-order valence-corrected chi connectivity index (χ3v) is 3.90. The van der Waals surface area contributed by atoms with Crippen molar-refractivity contribution in [3.63, 3.8) is 0 Å². The average molecular weight is 393 g/mol. The van der Waals surface area contributed by atoms with Crippen LogP contribution in [0.15, 0.2) is 59.8 Å². The highest BCUT2D eigenvalue weighted by Gasteiger charge is 2.40. The third-order valence-electron chi connectivity index (χ3n) is 3.90. The summed E-state index contributed by atoms with van der Waals surface area (Å²) in [6, 6.07) is 14.3. The minimum absolute atomic E-state index is 0.152. The van der Waals surface area contributed by atoms with E-state index in [1.165, 1.54) is 29.3 Å². The zero-order valence-electron chi connectivity index (χ0n) is 15.2. The van der Waals surface area contributed by atoms with E-state index >= 15 is 0 Å². The Morgan fingerprint density at radius 3 is 2.39 bits per heavy atom. The molecule has 0 saturated heterocycles. The molecule has 0 bridgehead atoms. The molecule has 1 N–H and O–H groups in total. The lowest BCUT2D eigenvalue weighted by molar-refractivity contribution is -0.274. The number of hydrazine groups is 1. The first-order valence-electron chi connectivity index (χ1n) is 8.40. The van der Waals surface area contributed by atoms with E-state index in [9.17, 15) is 18.0 Å². The molecule has 0 saturated carbocycles. The van der Waals surface area contributed by atoms with Gasteiger partial charge in [-0.15, -0.1) is 13.2 Å². The summed E-state index contributed by atoms with van der Waals surface area (Å²) in [7, 11) is 0. The van der Waals surface area contributed by atoms with Gasteiger partial charge in [0.25, 0.3) is 0 Å². The molecule has 0 radical (unpaired) electrons. The number of carbonyl (C=O) groups excluding carboxylic acids is 1. The number of nitrogens with zero attached hydrogens (tertiary/aromatic N) is 2. The van der Waals surface area contributed by atoms with Crippen LogP contribution in [0.2, 0.25) is 0 Å². The fourth-order valence-electron chi connectivity index (χ4n) is 2.61. The zero-order chi connectivity index (χ0) is 20.4. The third kappa shape index (κ3) is 4.73. The highest BCUT2D eigenvalue weighted by Crippen LogP contribution is 2.27. The van der Waals surface area contributed by atoms with Gasteiger partial charge in [-0.3, -0.25) is 10.2 Å². The van der Waals surface area contributed by atoms with Gasteiger partial charge in [0.1, 0.15) is 5.75 Å². The summed E-state index contributed by atoms with van der Waals surface area (Å²) in [6.07, 6.45) is -4.62. The minimum Gasteiger partial charge on any atom is -0.406 e. The Labute approximate surface area is 159 Å². The lowest BCUT2D eigenvalue weighted by Crippen LogP contribution is -2.55. The smallest absolute Gasteiger partial charge is 0.406 e. The average Bonchev–Trinajstić information content (AvgIpc) is 2.90. The van der Waals surface area contributed by atoms with E-state index in [-0.39, 0.29) is 23.9 Å². The second kappa shape index (κ2) is 7.41. The summed E-state index contributed by atoms with van der Waals surface area (Å²) < 4.78 is 40.8. The highest BCUT2D eigenvalue weighted by atomic mass is 19.4. The monoisotopic (exact) mass is 393 g/mol. The second-order valence-electron chi connectivity index (χ2n) is 6.56. The summed E-state index contributed by atoms with van der Waals surface area (Å²) in [5.41, 5.74) is 3.07. The van der Waals surface area contributed by atoms with Gasteiger partial charge in [-0.1, -0.05) is 35.5 Å². The molecule has 148 valence electrons. The van der Waals surface area contributed by atoms with E-state index in [0.717, 1.165) is 5.56 Å². The van der Waals surface area contributed by atoms with Crippen LogP contribution in [-0.2, 0) is 16.1 Å². The maximum Gasteiger partial charge on any atom is 0.573 e. The number of alkyl halides is 3. The molecule has 9 heteroatoms. The molecular formula is C19H18F3N3O3. The standard InChI is InChI=1S/C19H18F3N3O3/c1-18(2)25(23-16(26)12-13-6-4-3-5-7-13)17(24-28-18)14-8-10-15(11-9-14)27-19(20,21)22/h3-11H,12H2,1-2H3,(H,23,26). The SMILES string of the molecule is CC1(C)ON=C(c2ccc(OC(F)(F)F)cc2)N1NC(=O)Cc1ccccc1. The fourth-order valence-corrected chi connectivity index (χ4v) is 2.61. The fraction of sp³-hybridized carbons (Fsp3) is 0.263. The van der Waals surface area contributed by atoms with Crippen LogP contribution in [-0.4, -0.2) is 28.8 Å². The van der Waals surface area contributed by atoms with Gasteiger partial charge >= 0.3 is 6.36 Å². The van der Waals surface area contributed by atoms with Crippen molar-refractivity contribution in [3.05, 3.63) is 65.7 Å². The van der Waals surface area contributed by atoms with E-state index in [1.807, 2.05) is 30.3 Å². The number of amidine groups is 1. The van der Waals surface area contributed by atoms with Gasteiger partial charge in [0.15, 0.2) is 5.84 Å². The quantitative estimate of drug-likeness (QED) is 0.843. The Hall–Kier alpha value is -3.23. The molecule has 0 atom stereocenters. The van der Waals surface area contributed by atoms with E-state index < -0.39 is 12.1 Å². The molecule has 0 spiro atoms. The van der Waals surface area contributed by atoms with Crippen LogP contribution >= 0.6 is 0 Å². The van der Waals surface area contributed by atoms with Crippen LogP contribution < -0.4 is 10.2 Å². The number of oxime groups is 1. The van der Waals surface area contributed by atoms with Gasteiger partial charge in [-0.25, -0.2) is 5.01 Å².